The number of carbonyl (C=O) groups is 3. The van der Waals surface area contributed by atoms with Crippen LogP contribution in [-0.2, 0) is 16.0 Å². The van der Waals surface area contributed by atoms with E-state index in [4.69, 9.17) is 16.2 Å². The van der Waals surface area contributed by atoms with Gasteiger partial charge in [0.15, 0.2) is 17.1 Å². The number of allylic oxidation sites excluding steroid dienone is 1. The van der Waals surface area contributed by atoms with E-state index in [1.807, 2.05) is 0 Å². The zero-order valence-electron chi connectivity index (χ0n) is 20.0. The molecule has 196 valence electrons. The monoisotopic (exact) mass is 512 g/mol. The van der Waals surface area contributed by atoms with Gasteiger partial charge < -0.3 is 47.3 Å². The van der Waals surface area contributed by atoms with Crippen molar-refractivity contribution in [2.24, 2.45) is 29.2 Å². The van der Waals surface area contributed by atoms with Gasteiger partial charge in [-0.1, -0.05) is 0 Å². The molecule has 1 fully saturated rings. The number of ketones is 2. The minimum absolute atomic E-state index is 0.0619. The van der Waals surface area contributed by atoms with Crippen LogP contribution in [0, 0.1) is 17.8 Å². The number of primary amides is 1. The number of rotatable bonds is 2. The number of phenolic OH excluding ortho intramolecular Hbond substituents is 1. The molecular weight excluding hydrogens is 484 g/mol. The Morgan fingerprint density at radius 1 is 1.22 bits per heavy atom. The second-order valence-electron chi connectivity index (χ2n) is 10.5. The van der Waals surface area contributed by atoms with Crippen LogP contribution >= 0.6 is 0 Å². The second-order valence-corrected chi connectivity index (χ2v) is 10.5. The van der Waals surface area contributed by atoms with Crippen LogP contribution in [0.5, 0.6) is 11.5 Å². The average Bonchev–Trinajstić information content (AvgIpc) is 3.34. The lowest BCUT2D eigenvalue weighted by Crippen LogP contribution is -2.63. The lowest BCUT2D eigenvalue weighted by Gasteiger charge is -2.48. The fourth-order valence-electron chi connectivity index (χ4n) is 7.09. The number of anilines is 1. The normalized spacial score (nSPS) is 34.2. The first kappa shape index (κ1) is 23.8. The van der Waals surface area contributed by atoms with Crippen molar-refractivity contribution < 1.29 is 39.5 Å². The Morgan fingerprint density at radius 2 is 1.95 bits per heavy atom. The molecule has 0 aromatic heterocycles. The summed E-state index contributed by atoms with van der Waals surface area (Å²) in [5, 5.41) is 51.1. The molecule has 0 bridgehead atoms. The van der Waals surface area contributed by atoms with Gasteiger partial charge in [0.25, 0.3) is 5.91 Å². The van der Waals surface area contributed by atoms with Crippen molar-refractivity contribution in [3.63, 3.8) is 0 Å². The van der Waals surface area contributed by atoms with Gasteiger partial charge in [-0.2, -0.15) is 0 Å². The van der Waals surface area contributed by atoms with E-state index >= 15 is 0 Å². The van der Waals surface area contributed by atoms with Crippen molar-refractivity contribution in [3.8, 4) is 11.5 Å². The van der Waals surface area contributed by atoms with Gasteiger partial charge >= 0.3 is 0 Å². The molecule has 3 aliphatic carbocycles. The van der Waals surface area contributed by atoms with Crippen LogP contribution in [0.4, 0.5) is 5.69 Å². The number of fused-ring (bicyclic) bond motifs is 6. The van der Waals surface area contributed by atoms with Crippen LogP contribution in [-0.4, -0.2) is 69.7 Å². The molecule has 12 heteroatoms. The molecule has 0 radical (unpaired) electrons. The number of phenols is 1. The number of amides is 1. The number of hydrogen-bond acceptors (Lipinski definition) is 11. The largest absolute Gasteiger partial charge is 0.510 e. The zero-order valence-corrected chi connectivity index (χ0v) is 20.0. The molecule has 2 aliphatic heterocycles. The van der Waals surface area contributed by atoms with Crippen LogP contribution in [0.15, 0.2) is 22.7 Å². The SMILES string of the molecule is COc1c2c(c(O)c3c1C1NCCC1CN3)C(=O)C1=C(O)[C@]3(O)C(=O)C(C(N)=O)=C(O)[C@@H](N)[C@@H]3C[C@@H]1C2. The first-order valence-electron chi connectivity index (χ1n) is 12.2. The molecular formula is C25H28N4O8. The Hall–Kier alpha value is -3.61. The van der Waals surface area contributed by atoms with Crippen molar-refractivity contribution in [1.29, 1.82) is 0 Å². The second kappa shape index (κ2) is 7.70. The molecule has 5 aliphatic rings. The maximum atomic E-state index is 13.9. The van der Waals surface area contributed by atoms with E-state index in [0.29, 0.717) is 23.5 Å². The number of aliphatic hydroxyl groups is 3. The summed E-state index contributed by atoms with van der Waals surface area (Å²) in [6.45, 7) is 1.39. The Bertz CT molecular complexity index is 1370. The van der Waals surface area contributed by atoms with Gasteiger partial charge in [0.2, 0.25) is 5.78 Å². The van der Waals surface area contributed by atoms with Crippen LogP contribution in [0.2, 0.25) is 0 Å². The third-order valence-corrected chi connectivity index (χ3v) is 8.82. The van der Waals surface area contributed by atoms with E-state index in [1.54, 1.807) is 0 Å². The fraction of sp³-hybridized carbons (Fsp3) is 0.480. The number of Topliss-reactive ketones (excluding diaryl/α,β-unsaturated/α-hetero) is 2. The predicted molar refractivity (Wildman–Crippen MR) is 128 cm³/mol. The van der Waals surface area contributed by atoms with Gasteiger partial charge in [0.1, 0.15) is 22.8 Å². The Balaban J connectivity index is 1.55. The highest BCUT2D eigenvalue weighted by atomic mass is 16.5. The lowest BCUT2D eigenvalue weighted by molar-refractivity contribution is -0.145. The van der Waals surface area contributed by atoms with Gasteiger partial charge in [-0.05, 0) is 37.6 Å². The number of nitrogens with one attached hydrogen (secondary N) is 2. The maximum Gasteiger partial charge on any atom is 0.255 e. The van der Waals surface area contributed by atoms with Gasteiger partial charge in [0, 0.05) is 35.2 Å². The van der Waals surface area contributed by atoms with Crippen LogP contribution in [0.1, 0.15) is 40.4 Å². The summed E-state index contributed by atoms with van der Waals surface area (Å²) in [7, 11) is 1.49. The minimum Gasteiger partial charge on any atom is -0.510 e. The summed E-state index contributed by atoms with van der Waals surface area (Å²) < 4.78 is 5.80. The lowest BCUT2D eigenvalue weighted by atomic mass is 9.58. The van der Waals surface area contributed by atoms with E-state index in [0.717, 1.165) is 18.5 Å². The van der Waals surface area contributed by atoms with Crippen molar-refractivity contribution >= 4 is 23.2 Å². The molecule has 6 atom stereocenters. The van der Waals surface area contributed by atoms with Crippen molar-refractivity contribution in [2.45, 2.75) is 36.9 Å². The standard InChI is InChI=1S/C25H28N4O8/c1-37-21-9-4-8-5-10-15(26)19(31)14(24(27)35)23(34)25(10,36)22(33)11(8)18(30)12(9)20(32)17-13(21)16-7(6-29-17)2-3-28-16/h7-8,10,15-16,28-29,31-33,36H,2-6,26H2,1H3,(H2,27,35)/t7?,8-,10-,15-,16?,25-/m0/s1. The number of carbonyl (C=O) groups excluding carboxylic acids is 3. The highest BCUT2D eigenvalue weighted by molar-refractivity contribution is 6.25. The molecule has 1 aromatic carbocycles. The molecule has 1 amide bonds. The Labute approximate surface area is 211 Å². The van der Waals surface area contributed by atoms with E-state index in [9.17, 15) is 34.8 Å². The summed E-state index contributed by atoms with van der Waals surface area (Å²) >= 11 is 0. The maximum absolute atomic E-state index is 13.9. The van der Waals surface area contributed by atoms with Crippen LogP contribution < -0.4 is 26.8 Å². The summed E-state index contributed by atoms with van der Waals surface area (Å²) in [5.41, 5.74) is 8.95. The number of methoxy groups -OCH3 is 1. The van der Waals surface area contributed by atoms with Crippen molar-refractivity contribution in [3.05, 3.63) is 39.4 Å². The Morgan fingerprint density at radius 3 is 2.62 bits per heavy atom. The highest BCUT2D eigenvalue weighted by Crippen LogP contribution is 2.56. The van der Waals surface area contributed by atoms with Crippen molar-refractivity contribution in [1.82, 2.24) is 5.32 Å². The first-order valence-corrected chi connectivity index (χ1v) is 12.2. The predicted octanol–water partition coefficient (Wildman–Crippen LogP) is -0.398. The number of aromatic hydroxyl groups is 1. The molecule has 1 aromatic rings. The summed E-state index contributed by atoms with van der Waals surface area (Å²) in [4.78, 5) is 38.9. The van der Waals surface area contributed by atoms with E-state index in [2.05, 4.69) is 10.6 Å². The smallest absolute Gasteiger partial charge is 0.255 e. The molecule has 0 saturated carbocycles. The van der Waals surface area contributed by atoms with Crippen LogP contribution in [0.3, 0.4) is 0 Å². The quantitative estimate of drug-likeness (QED) is 0.188. The molecule has 0 spiro atoms. The minimum atomic E-state index is -2.73. The molecule has 2 unspecified atom stereocenters. The topological polar surface area (TPSA) is 217 Å². The number of hydrogen-bond donors (Lipinski definition) is 8. The van der Waals surface area contributed by atoms with Gasteiger partial charge in [-0.15, -0.1) is 0 Å². The summed E-state index contributed by atoms with van der Waals surface area (Å²) in [6.07, 6.45) is 1.02. The zero-order chi connectivity index (χ0) is 26.5. The third kappa shape index (κ3) is 2.80. The van der Waals surface area contributed by atoms with Gasteiger partial charge in [-0.25, -0.2) is 0 Å². The number of aliphatic hydroxyl groups excluding tert-OH is 2. The van der Waals surface area contributed by atoms with Gasteiger partial charge in [-0.3, -0.25) is 14.4 Å². The van der Waals surface area contributed by atoms with E-state index in [1.165, 1.54) is 7.11 Å². The highest BCUT2D eigenvalue weighted by Gasteiger charge is 2.62. The first-order chi connectivity index (χ1) is 17.5. The number of nitrogens with two attached hydrogens (primary N) is 2. The van der Waals surface area contributed by atoms with Gasteiger partial charge in [0.05, 0.1) is 24.4 Å². The van der Waals surface area contributed by atoms with E-state index in [-0.39, 0.29) is 41.7 Å². The molecule has 10 N–H and O–H groups in total. The van der Waals surface area contributed by atoms with E-state index < -0.39 is 58.0 Å². The molecule has 6 rings (SSSR count). The molecule has 12 nitrogen and oxygen atoms in total. The summed E-state index contributed by atoms with van der Waals surface area (Å²) in [5.74, 6) is -6.61. The molecule has 1 saturated heterocycles. The number of ether oxygens (including phenoxy) is 1. The molecule has 37 heavy (non-hydrogen) atoms. The number of benzene rings is 1. The average molecular weight is 513 g/mol. The Kier molecular flexibility index (Phi) is 4.94. The van der Waals surface area contributed by atoms with Crippen LogP contribution in [0.25, 0.3) is 0 Å². The third-order valence-electron chi connectivity index (χ3n) is 8.82. The molecule has 2 heterocycles. The fourth-order valence-corrected chi connectivity index (χ4v) is 7.09. The van der Waals surface area contributed by atoms with Crippen molar-refractivity contribution in [2.75, 3.05) is 25.5 Å². The summed E-state index contributed by atoms with van der Waals surface area (Å²) in [6, 6.07) is -1.46.